The van der Waals surface area contributed by atoms with Gasteiger partial charge < -0.3 is 19.3 Å². The summed E-state index contributed by atoms with van der Waals surface area (Å²) in [5.74, 6) is 0. The second kappa shape index (κ2) is 22.1. The lowest BCUT2D eigenvalue weighted by molar-refractivity contribution is -0.0347. The molecule has 0 unspecified atom stereocenters. The Labute approximate surface area is 213 Å². The third-order valence-corrected chi connectivity index (χ3v) is 5.85. The van der Waals surface area contributed by atoms with E-state index in [0.717, 1.165) is 12.8 Å². The lowest BCUT2D eigenvalue weighted by atomic mass is 9.96. The van der Waals surface area contributed by atoms with Crippen molar-refractivity contribution in [3.8, 4) is 0 Å². The van der Waals surface area contributed by atoms with Gasteiger partial charge in [-0.2, -0.15) is 0 Å². The quantitative estimate of drug-likeness (QED) is 0.408. The molecule has 0 aliphatic heterocycles. The Hall–Kier alpha value is -0.160. The van der Waals surface area contributed by atoms with Gasteiger partial charge in [0.15, 0.2) is 0 Å². The number of ether oxygens (including phenoxy) is 3. The second-order valence-electron chi connectivity index (χ2n) is 11.2. The van der Waals surface area contributed by atoms with Crippen LogP contribution >= 0.6 is 0 Å². The first-order valence-electron chi connectivity index (χ1n) is 14.8. The standard InChI is InChI=1S/C9H18O.C8H16O.C7H14O.C3H6O.C3H8/c1-8(2)10-9-6-4-3-5-7-9;1-7(2)9-8-5-3-4-6-8;1-6(2)8-7-4-3-5-7;4-3-1-2-3;1-3-2/h8-9H,3-7H2,1-2H3;7-8H,3-6H2,1-2H3;6-7H,3-5H2,1-2H3;3-4H,1-2H2;3H2,1-2H3. The summed E-state index contributed by atoms with van der Waals surface area (Å²) in [6, 6.07) is 0. The summed E-state index contributed by atoms with van der Waals surface area (Å²) in [6.07, 6.45) is 22.5. The highest BCUT2D eigenvalue weighted by molar-refractivity contribution is 4.70. The largest absolute Gasteiger partial charge is 0.393 e. The van der Waals surface area contributed by atoms with Crippen LogP contribution < -0.4 is 0 Å². The van der Waals surface area contributed by atoms with Crippen LogP contribution in [-0.2, 0) is 14.2 Å². The smallest absolute Gasteiger partial charge is 0.0578 e. The molecule has 0 heterocycles. The minimum absolute atomic E-state index is 0.0833. The molecule has 4 aliphatic carbocycles. The minimum Gasteiger partial charge on any atom is -0.393 e. The van der Waals surface area contributed by atoms with Crippen LogP contribution in [0.3, 0.4) is 0 Å². The van der Waals surface area contributed by atoms with Crippen LogP contribution in [0.5, 0.6) is 0 Å². The molecule has 0 saturated heterocycles. The van der Waals surface area contributed by atoms with Gasteiger partial charge in [-0.3, -0.25) is 0 Å². The molecular weight excluding hydrogens is 424 g/mol. The molecule has 0 aromatic carbocycles. The summed E-state index contributed by atoms with van der Waals surface area (Å²) < 4.78 is 16.8. The van der Waals surface area contributed by atoms with Crippen molar-refractivity contribution in [1.29, 1.82) is 0 Å². The Morgan fingerprint density at radius 3 is 0.912 bits per heavy atom. The molecule has 0 spiro atoms. The molecule has 0 amide bonds. The summed E-state index contributed by atoms with van der Waals surface area (Å²) in [6.45, 7) is 16.9. The predicted molar refractivity (Wildman–Crippen MR) is 147 cm³/mol. The van der Waals surface area contributed by atoms with Crippen LogP contribution in [0.25, 0.3) is 0 Å². The van der Waals surface area contributed by atoms with E-state index in [1.165, 1.54) is 83.5 Å². The van der Waals surface area contributed by atoms with E-state index in [0.29, 0.717) is 36.6 Å². The molecule has 4 aliphatic rings. The Bertz CT molecular complexity index is 404. The molecule has 206 valence electrons. The van der Waals surface area contributed by atoms with E-state index in [4.69, 9.17) is 19.3 Å². The first-order valence-corrected chi connectivity index (χ1v) is 14.8. The molecule has 4 nitrogen and oxygen atoms in total. The average molecular weight is 487 g/mol. The highest BCUT2D eigenvalue weighted by atomic mass is 16.5. The third kappa shape index (κ3) is 23.6. The molecule has 4 fully saturated rings. The molecule has 0 aromatic heterocycles. The highest BCUT2D eigenvalue weighted by Gasteiger charge is 2.18. The van der Waals surface area contributed by atoms with Crippen LogP contribution in [0.15, 0.2) is 0 Å². The van der Waals surface area contributed by atoms with Crippen molar-refractivity contribution >= 4 is 0 Å². The van der Waals surface area contributed by atoms with Crippen molar-refractivity contribution in [2.24, 2.45) is 0 Å². The van der Waals surface area contributed by atoms with Gasteiger partial charge in [0.2, 0.25) is 0 Å². The van der Waals surface area contributed by atoms with Crippen LogP contribution in [0.1, 0.15) is 152 Å². The van der Waals surface area contributed by atoms with E-state index in [2.05, 4.69) is 55.4 Å². The molecule has 4 saturated carbocycles. The fourth-order valence-electron chi connectivity index (χ4n) is 3.96. The lowest BCUT2D eigenvalue weighted by Gasteiger charge is -2.27. The average Bonchev–Trinajstić information content (AvgIpc) is 3.34. The van der Waals surface area contributed by atoms with Crippen molar-refractivity contribution in [2.75, 3.05) is 0 Å². The molecule has 0 aromatic rings. The van der Waals surface area contributed by atoms with Gasteiger partial charge in [0.25, 0.3) is 0 Å². The van der Waals surface area contributed by atoms with Crippen LogP contribution in [-0.4, -0.2) is 47.8 Å². The molecule has 0 atom stereocenters. The van der Waals surface area contributed by atoms with E-state index >= 15 is 0 Å². The Morgan fingerprint density at radius 2 is 0.735 bits per heavy atom. The van der Waals surface area contributed by atoms with Crippen LogP contribution in [0.4, 0.5) is 0 Å². The Morgan fingerprint density at radius 1 is 0.500 bits per heavy atom. The van der Waals surface area contributed by atoms with Crippen LogP contribution in [0, 0.1) is 0 Å². The first-order chi connectivity index (χ1) is 16.2. The van der Waals surface area contributed by atoms with Crippen molar-refractivity contribution in [1.82, 2.24) is 0 Å². The fourth-order valence-corrected chi connectivity index (χ4v) is 3.96. The summed E-state index contributed by atoms with van der Waals surface area (Å²) in [5.41, 5.74) is 0. The zero-order valence-electron chi connectivity index (χ0n) is 24.3. The van der Waals surface area contributed by atoms with Crippen molar-refractivity contribution in [2.45, 2.75) is 194 Å². The number of hydrogen-bond donors (Lipinski definition) is 1. The zero-order chi connectivity index (χ0) is 25.8. The minimum atomic E-state index is 0.0833. The molecule has 4 rings (SSSR count). The van der Waals surface area contributed by atoms with E-state index in [1.54, 1.807) is 0 Å². The molecular formula is C30H62O4. The summed E-state index contributed by atoms with van der Waals surface area (Å²) >= 11 is 0. The van der Waals surface area contributed by atoms with Gasteiger partial charge in [0.1, 0.15) is 0 Å². The topological polar surface area (TPSA) is 47.9 Å². The fraction of sp³-hybridized carbons (Fsp3) is 1.00. The second-order valence-corrected chi connectivity index (χ2v) is 11.2. The summed E-state index contributed by atoms with van der Waals surface area (Å²) in [7, 11) is 0. The third-order valence-electron chi connectivity index (χ3n) is 5.85. The van der Waals surface area contributed by atoms with Crippen molar-refractivity contribution in [3.05, 3.63) is 0 Å². The van der Waals surface area contributed by atoms with Gasteiger partial charge >= 0.3 is 0 Å². The van der Waals surface area contributed by atoms with Gasteiger partial charge in [0, 0.05) is 0 Å². The van der Waals surface area contributed by atoms with E-state index in [-0.39, 0.29) is 6.10 Å². The lowest BCUT2D eigenvalue weighted by Crippen LogP contribution is -2.24. The van der Waals surface area contributed by atoms with E-state index in [9.17, 15) is 0 Å². The number of aliphatic hydroxyl groups is 1. The first kappa shape index (κ1) is 33.8. The van der Waals surface area contributed by atoms with Gasteiger partial charge in [-0.05, 0) is 99.3 Å². The molecule has 34 heavy (non-hydrogen) atoms. The van der Waals surface area contributed by atoms with Gasteiger partial charge in [-0.15, -0.1) is 0 Å². The monoisotopic (exact) mass is 486 g/mol. The maximum Gasteiger partial charge on any atom is 0.0578 e. The number of aliphatic hydroxyl groups excluding tert-OH is 1. The van der Waals surface area contributed by atoms with Gasteiger partial charge in [-0.25, -0.2) is 0 Å². The molecule has 0 radical (unpaired) electrons. The maximum atomic E-state index is 8.17. The molecule has 0 bridgehead atoms. The van der Waals surface area contributed by atoms with Crippen molar-refractivity contribution < 1.29 is 19.3 Å². The molecule has 1 N–H and O–H groups in total. The molecule has 4 heteroatoms. The van der Waals surface area contributed by atoms with Crippen LogP contribution in [0.2, 0.25) is 0 Å². The number of rotatable bonds is 6. The number of hydrogen-bond acceptors (Lipinski definition) is 4. The van der Waals surface area contributed by atoms with Gasteiger partial charge in [-0.1, -0.05) is 52.4 Å². The van der Waals surface area contributed by atoms with Crippen molar-refractivity contribution in [3.63, 3.8) is 0 Å². The predicted octanol–water partition coefficient (Wildman–Crippen LogP) is 8.62. The summed E-state index contributed by atoms with van der Waals surface area (Å²) in [4.78, 5) is 0. The Kier molecular flexibility index (Phi) is 22.0. The zero-order valence-corrected chi connectivity index (χ0v) is 24.3. The normalized spacial score (nSPS) is 20.8. The highest BCUT2D eigenvalue weighted by Crippen LogP contribution is 2.23. The van der Waals surface area contributed by atoms with E-state index < -0.39 is 0 Å². The SMILES string of the molecule is CC(C)OC1CCC1.CC(C)OC1CCCC1.CC(C)OC1CCCCC1.CCC.OC1CC1. The van der Waals surface area contributed by atoms with Gasteiger partial charge in [0.05, 0.1) is 42.7 Å². The Balaban J connectivity index is 0.000000423. The maximum absolute atomic E-state index is 8.17. The van der Waals surface area contributed by atoms with E-state index in [1.807, 2.05) is 0 Å². The summed E-state index contributed by atoms with van der Waals surface area (Å²) in [5, 5.41) is 8.17.